The van der Waals surface area contributed by atoms with Crippen LogP contribution in [0.25, 0.3) is 44.2 Å². The highest BCUT2D eigenvalue weighted by molar-refractivity contribution is 6.94. The molecule has 5 heteroatoms. The molecule has 87 heavy (non-hydrogen) atoms. The smallest absolute Gasteiger partial charge is 0.333 e. The number of aryl methyl sites for hydroxylation is 1. The molecule has 0 radical (unpaired) electrons. The van der Waals surface area contributed by atoms with Crippen molar-refractivity contribution in [3.8, 4) is 22.3 Å². The Morgan fingerprint density at radius 3 is 1.76 bits per heavy atom. The molecule has 9 aromatic carbocycles. The standard InChI is InChI=1S/C82H86BN3O/c1-49-41-64-66(81(14,15)40-39-79(64,10)11)48-69(49)85-68-36-34-54(84(52-31-29-50(30-32-52)76(2,3)4)53-24-22-23-51(42-53)77(5,6)7)44-67(68)83-74-71(85)47-59-57-26-19-21-28-72(57)87-75(59)73(74)60-45-63-58(56-25-18-20-27-61(56)82(63,16)17)46-70(60)86(83)55-33-35-62-65(43-55)80(12,13)38-37-78(62,8)9/h18-36,41-48H,37-40H2,1-17H3. The van der Waals surface area contributed by atoms with Crippen LogP contribution in [-0.4, -0.2) is 6.85 Å². The Kier molecular flexibility index (Phi) is 11.8. The molecule has 0 unspecified atom stereocenters. The first-order chi connectivity index (χ1) is 41.0. The molecule has 1 aromatic heterocycles. The molecule has 0 bridgehead atoms. The lowest BCUT2D eigenvalue weighted by Gasteiger charge is -2.48. The van der Waals surface area contributed by atoms with E-state index in [1.165, 1.54) is 112 Å². The van der Waals surface area contributed by atoms with Gasteiger partial charge >= 0.3 is 6.85 Å². The fraction of sp³-hybridized carbons (Fsp3) is 0.341. The van der Waals surface area contributed by atoms with Gasteiger partial charge in [0.15, 0.2) is 0 Å². The number of benzene rings is 9. The average Bonchev–Trinajstić information content (AvgIpc) is 1.66. The van der Waals surface area contributed by atoms with Gasteiger partial charge in [-0.15, -0.1) is 0 Å². The van der Waals surface area contributed by atoms with Gasteiger partial charge in [-0.3, -0.25) is 0 Å². The SMILES string of the molecule is Cc1cc2c(cc1N1c3ccc(N(c4ccc(C(C)(C)C)cc4)c4cccc(C(C)(C)C)c4)cc3B3c4c1cc1c(oc5ccccc51)c4-c1cc4c(cc1N3c1ccc3c(c1)C(C)(C)CCC3(C)C)-c1ccccc1C4(C)C)C(C)(C)CCC2(C)C. The van der Waals surface area contributed by atoms with Crippen LogP contribution >= 0.6 is 0 Å². The minimum atomic E-state index is -0.286. The van der Waals surface area contributed by atoms with Crippen LogP contribution in [0.1, 0.15) is 187 Å². The van der Waals surface area contributed by atoms with Crippen molar-refractivity contribution in [2.45, 2.75) is 181 Å². The Hall–Kier alpha value is -7.76. The maximum atomic E-state index is 7.46. The molecule has 15 rings (SSSR count). The van der Waals surface area contributed by atoms with Crippen molar-refractivity contribution in [3.05, 3.63) is 214 Å². The van der Waals surface area contributed by atoms with Crippen LogP contribution in [-0.2, 0) is 37.9 Å². The summed E-state index contributed by atoms with van der Waals surface area (Å²) in [5.74, 6) is 0. The fourth-order valence-corrected chi connectivity index (χ4v) is 16.4. The van der Waals surface area contributed by atoms with Crippen molar-refractivity contribution < 1.29 is 4.42 Å². The molecule has 10 aromatic rings. The second-order valence-corrected chi connectivity index (χ2v) is 32.0. The first kappa shape index (κ1) is 55.8. The third kappa shape index (κ3) is 8.29. The molecule has 438 valence electrons. The predicted octanol–water partition coefficient (Wildman–Crippen LogP) is 21.7. The van der Waals surface area contributed by atoms with Gasteiger partial charge in [0.2, 0.25) is 0 Å². The van der Waals surface area contributed by atoms with E-state index in [2.05, 4.69) is 296 Å². The quantitative estimate of drug-likeness (QED) is 0.160. The molecule has 0 amide bonds. The van der Waals surface area contributed by atoms with Gasteiger partial charge in [0.1, 0.15) is 11.2 Å². The first-order valence-electron chi connectivity index (χ1n) is 32.4. The van der Waals surface area contributed by atoms with Crippen molar-refractivity contribution in [2.75, 3.05) is 14.6 Å². The lowest BCUT2D eigenvalue weighted by atomic mass is 9.43. The Labute approximate surface area is 518 Å². The molecule has 4 nitrogen and oxygen atoms in total. The van der Waals surface area contributed by atoms with E-state index in [0.717, 1.165) is 64.7 Å². The Balaban J connectivity index is 1.11. The van der Waals surface area contributed by atoms with Crippen molar-refractivity contribution in [1.82, 2.24) is 0 Å². The number of anilines is 8. The minimum absolute atomic E-state index is 0.00125. The summed E-state index contributed by atoms with van der Waals surface area (Å²) in [6.07, 6.45) is 4.58. The van der Waals surface area contributed by atoms with Gasteiger partial charge in [-0.1, -0.05) is 190 Å². The molecule has 0 fully saturated rings. The summed E-state index contributed by atoms with van der Waals surface area (Å²) in [7, 11) is 0. The van der Waals surface area contributed by atoms with Gasteiger partial charge in [-0.05, 0) is 222 Å². The van der Waals surface area contributed by atoms with Gasteiger partial charge in [0.25, 0.3) is 0 Å². The van der Waals surface area contributed by atoms with Crippen LogP contribution in [0, 0.1) is 6.92 Å². The number of hydrogen-bond acceptors (Lipinski definition) is 4. The third-order valence-electron chi connectivity index (χ3n) is 22.0. The molecule has 3 heterocycles. The highest BCUT2D eigenvalue weighted by Gasteiger charge is 2.50. The summed E-state index contributed by atoms with van der Waals surface area (Å²) >= 11 is 0. The van der Waals surface area contributed by atoms with E-state index in [-0.39, 0.29) is 44.8 Å². The molecule has 0 N–H and O–H groups in total. The zero-order valence-electron chi connectivity index (χ0n) is 54.7. The monoisotopic (exact) mass is 1140 g/mol. The molecular weight excluding hydrogens is 1050 g/mol. The maximum absolute atomic E-state index is 7.46. The number of fused-ring (bicyclic) bond motifs is 13. The van der Waals surface area contributed by atoms with Crippen molar-refractivity contribution >= 4 is 85.2 Å². The minimum Gasteiger partial charge on any atom is -0.455 e. The predicted molar refractivity (Wildman–Crippen MR) is 372 cm³/mol. The summed E-state index contributed by atoms with van der Waals surface area (Å²) < 4.78 is 7.46. The lowest BCUT2D eigenvalue weighted by Crippen LogP contribution is -2.61. The van der Waals surface area contributed by atoms with Crippen LogP contribution in [0.5, 0.6) is 0 Å². The summed E-state index contributed by atoms with van der Waals surface area (Å²) in [5, 5.41) is 2.28. The van der Waals surface area contributed by atoms with Gasteiger partial charge in [-0.25, -0.2) is 0 Å². The van der Waals surface area contributed by atoms with Gasteiger partial charge < -0.3 is 19.0 Å². The number of nitrogens with zero attached hydrogens (tertiary/aromatic N) is 3. The van der Waals surface area contributed by atoms with Gasteiger partial charge in [0.05, 0.1) is 0 Å². The van der Waals surface area contributed by atoms with Gasteiger partial charge in [-0.2, -0.15) is 0 Å². The largest absolute Gasteiger partial charge is 0.455 e. The Morgan fingerprint density at radius 1 is 0.437 bits per heavy atom. The fourth-order valence-electron chi connectivity index (χ4n) is 16.4. The third-order valence-corrected chi connectivity index (χ3v) is 22.0. The molecule has 3 aliphatic carbocycles. The van der Waals surface area contributed by atoms with E-state index >= 15 is 0 Å². The van der Waals surface area contributed by atoms with Gasteiger partial charge in [0, 0.05) is 72.8 Å². The normalized spacial score (nSPS) is 17.9. The molecule has 2 aliphatic heterocycles. The number of furan rings is 1. The molecule has 0 saturated carbocycles. The maximum Gasteiger partial charge on any atom is 0.333 e. The molecule has 0 atom stereocenters. The second kappa shape index (κ2) is 18.4. The highest BCUT2D eigenvalue weighted by atomic mass is 16.3. The van der Waals surface area contributed by atoms with Crippen molar-refractivity contribution in [3.63, 3.8) is 0 Å². The zero-order chi connectivity index (χ0) is 61.0. The van der Waals surface area contributed by atoms with E-state index in [9.17, 15) is 0 Å². The van der Waals surface area contributed by atoms with Crippen LogP contribution in [0.3, 0.4) is 0 Å². The summed E-state index contributed by atoms with van der Waals surface area (Å²) in [6.45, 7) is 40.6. The van der Waals surface area contributed by atoms with Crippen LogP contribution in [0.2, 0.25) is 0 Å². The Bertz CT molecular complexity index is 4550. The van der Waals surface area contributed by atoms with Crippen LogP contribution in [0.15, 0.2) is 168 Å². The first-order valence-corrected chi connectivity index (χ1v) is 32.4. The molecule has 0 saturated heterocycles. The van der Waals surface area contributed by atoms with E-state index in [1.54, 1.807) is 0 Å². The van der Waals surface area contributed by atoms with Crippen molar-refractivity contribution in [1.29, 1.82) is 0 Å². The molecule has 5 aliphatic rings. The number of rotatable bonds is 5. The van der Waals surface area contributed by atoms with Crippen LogP contribution < -0.4 is 25.5 Å². The number of para-hydroxylation sites is 1. The van der Waals surface area contributed by atoms with E-state index in [4.69, 9.17) is 4.42 Å². The average molecular weight is 1140 g/mol. The van der Waals surface area contributed by atoms with Crippen LogP contribution in [0.4, 0.5) is 45.5 Å². The van der Waals surface area contributed by atoms with E-state index in [1.807, 2.05) is 0 Å². The second-order valence-electron chi connectivity index (χ2n) is 32.0. The van der Waals surface area contributed by atoms with E-state index in [0.29, 0.717) is 0 Å². The topological polar surface area (TPSA) is 22.9 Å². The summed E-state index contributed by atoms with van der Waals surface area (Å²) in [5.41, 5.74) is 31.1. The zero-order valence-corrected chi connectivity index (χ0v) is 54.7. The summed E-state index contributed by atoms with van der Waals surface area (Å²) in [6, 6.07) is 64.6. The lowest BCUT2D eigenvalue weighted by molar-refractivity contribution is 0.332. The molecule has 0 spiro atoms. The Morgan fingerprint density at radius 2 is 1.06 bits per heavy atom. The highest BCUT2D eigenvalue weighted by Crippen LogP contribution is 2.59. The van der Waals surface area contributed by atoms with Crippen molar-refractivity contribution in [2.24, 2.45) is 0 Å². The molecular formula is C82H86BN3O. The summed E-state index contributed by atoms with van der Waals surface area (Å²) in [4.78, 5) is 8.01. The number of hydrogen-bond donors (Lipinski definition) is 0. The van der Waals surface area contributed by atoms with E-state index < -0.39 is 0 Å².